The standard InChI is InChI=1S/C14H15N3O5/c18-13(15-20)6-3-11-7-8-16(14(11)19)9-10-1-4-12(5-2-10)17(21)22/h1-2,4-5,7,20H,3,6,8-9H2,(H,15,18). The van der Waals surface area contributed by atoms with Gasteiger partial charge in [-0.2, -0.15) is 0 Å². The van der Waals surface area contributed by atoms with Crippen LogP contribution < -0.4 is 5.48 Å². The first-order valence-electron chi connectivity index (χ1n) is 6.66. The highest BCUT2D eigenvalue weighted by molar-refractivity contribution is 5.96. The van der Waals surface area contributed by atoms with Crippen LogP contribution in [0, 0.1) is 10.1 Å². The lowest BCUT2D eigenvalue weighted by atomic mass is 10.1. The minimum atomic E-state index is -0.539. The van der Waals surface area contributed by atoms with Gasteiger partial charge < -0.3 is 4.90 Å². The van der Waals surface area contributed by atoms with Gasteiger partial charge in [-0.25, -0.2) is 5.48 Å². The molecule has 2 rings (SSSR count). The number of carbonyl (C=O) groups excluding carboxylic acids is 2. The molecule has 1 aliphatic rings. The fraction of sp³-hybridized carbons (Fsp3) is 0.286. The zero-order valence-electron chi connectivity index (χ0n) is 11.7. The molecular weight excluding hydrogens is 290 g/mol. The zero-order valence-corrected chi connectivity index (χ0v) is 11.7. The molecule has 8 heteroatoms. The van der Waals surface area contributed by atoms with Crippen LogP contribution in [0.4, 0.5) is 5.69 Å². The molecule has 0 fully saturated rings. The molecule has 0 radical (unpaired) electrons. The molecule has 0 aliphatic carbocycles. The number of amides is 2. The lowest BCUT2D eigenvalue weighted by molar-refractivity contribution is -0.384. The molecule has 8 nitrogen and oxygen atoms in total. The van der Waals surface area contributed by atoms with Crippen LogP contribution in [0.2, 0.25) is 0 Å². The Morgan fingerprint density at radius 1 is 1.36 bits per heavy atom. The van der Waals surface area contributed by atoms with Crippen LogP contribution in [0.1, 0.15) is 18.4 Å². The molecule has 0 atom stereocenters. The molecule has 22 heavy (non-hydrogen) atoms. The smallest absolute Gasteiger partial charge is 0.269 e. The topological polar surface area (TPSA) is 113 Å². The Hall–Kier alpha value is -2.74. The van der Waals surface area contributed by atoms with Crippen LogP contribution in [-0.4, -0.2) is 33.4 Å². The molecular formula is C14H15N3O5. The van der Waals surface area contributed by atoms with Crippen molar-refractivity contribution >= 4 is 17.5 Å². The Morgan fingerprint density at radius 3 is 2.64 bits per heavy atom. The summed E-state index contributed by atoms with van der Waals surface area (Å²) in [7, 11) is 0. The summed E-state index contributed by atoms with van der Waals surface area (Å²) in [6.45, 7) is 0.787. The van der Waals surface area contributed by atoms with Crippen LogP contribution in [-0.2, 0) is 16.1 Å². The van der Waals surface area contributed by atoms with E-state index in [4.69, 9.17) is 5.21 Å². The molecule has 0 bridgehead atoms. The zero-order chi connectivity index (χ0) is 16.1. The summed E-state index contributed by atoms with van der Waals surface area (Å²) in [6.07, 6.45) is 2.06. The first kappa shape index (κ1) is 15.6. The van der Waals surface area contributed by atoms with Crippen LogP contribution >= 0.6 is 0 Å². The average molecular weight is 305 g/mol. The SMILES string of the molecule is O=C(CCC1=CCN(Cc2ccc([N+](=O)[O-])cc2)C1=O)NO. The molecule has 0 unspecified atom stereocenters. The van der Waals surface area contributed by atoms with Crippen molar-refractivity contribution in [2.45, 2.75) is 19.4 Å². The van der Waals surface area contributed by atoms with E-state index in [1.165, 1.54) is 17.6 Å². The van der Waals surface area contributed by atoms with E-state index in [1.807, 2.05) is 0 Å². The van der Waals surface area contributed by atoms with E-state index in [-0.39, 0.29) is 24.4 Å². The Kier molecular flexibility index (Phi) is 4.84. The molecule has 0 saturated carbocycles. The third-order valence-electron chi connectivity index (χ3n) is 3.39. The number of hydroxylamine groups is 1. The molecule has 0 aromatic heterocycles. The monoisotopic (exact) mass is 305 g/mol. The maximum Gasteiger partial charge on any atom is 0.269 e. The van der Waals surface area contributed by atoms with Crippen molar-refractivity contribution in [3.05, 3.63) is 51.6 Å². The average Bonchev–Trinajstić information content (AvgIpc) is 2.86. The minimum absolute atomic E-state index is 0.00493. The maximum atomic E-state index is 12.1. The molecule has 1 aromatic rings. The van der Waals surface area contributed by atoms with Crippen LogP contribution in [0.3, 0.4) is 0 Å². The molecule has 116 valence electrons. The highest BCUT2D eigenvalue weighted by atomic mass is 16.6. The first-order valence-corrected chi connectivity index (χ1v) is 6.66. The number of hydrogen-bond donors (Lipinski definition) is 2. The van der Waals surface area contributed by atoms with Crippen molar-refractivity contribution in [2.24, 2.45) is 0 Å². The van der Waals surface area contributed by atoms with Crippen LogP contribution in [0.25, 0.3) is 0 Å². The van der Waals surface area contributed by atoms with Gasteiger partial charge in [0.25, 0.3) is 5.69 Å². The summed E-state index contributed by atoms with van der Waals surface area (Å²) >= 11 is 0. The summed E-state index contributed by atoms with van der Waals surface area (Å²) in [5, 5.41) is 19.0. The lowest BCUT2D eigenvalue weighted by Gasteiger charge is -2.16. The fourth-order valence-corrected chi connectivity index (χ4v) is 2.19. The van der Waals surface area contributed by atoms with E-state index in [0.29, 0.717) is 18.7 Å². The van der Waals surface area contributed by atoms with Crippen molar-refractivity contribution in [3.63, 3.8) is 0 Å². The number of nitro groups is 1. The molecule has 1 aliphatic heterocycles. The molecule has 2 amide bonds. The van der Waals surface area contributed by atoms with E-state index >= 15 is 0 Å². The van der Waals surface area contributed by atoms with Gasteiger partial charge in [0.1, 0.15) is 0 Å². The lowest BCUT2D eigenvalue weighted by Crippen LogP contribution is -2.27. The number of nitrogens with one attached hydrogen (secondary N) is 1. The quantitative estimate of drug-likeness (QED) is 0.465. The van der Waals surface area contributed by atoms with Crippen molar-refractivity contribution < 1.29 is 19.7 Å². The number of nitrogens with zero attached hydrogens (tertiary/aromatic N) is 2. The summed E-state index contributed by atoms with van der Waals surface area (Å²) in [4.78, 5) is 34.8. The van der Waals surface area contributed by atoms with Crippen molar-refractivity contribution in [2.75, 3.05) is 6.54 Å². The van der Waals surface area contributed by atoms with E-state index in [1.54, 1.807) is 23.1 Å². The van der Waals surface area contributed by atoms with Crippen LogP contribution in [0.5, 0.6) is 0 Å². The van der Waals surface area contributed by atoms with Gasteiger partial charge in [0.2, 0.25) is 11.8 Å². The van der Waals surface area contributed by atoms with Gasteiger partial charge >= 0.3 is 0 Å². The van der Waals surface area contributed by atoms with Gasteiger partial charge in [-0.15, -0.1) is 0 Å². The third kappa shape index (κ3) is 3.67. The predicted octanol–water partition coefficient (Wildman–Crippen LogP) is 1.15. The van der Waals surface area contributed by atoms with E-state index in [9.17, 15) is 19.7 Å². The van der Waals surface area contributed by atoms with Crippen molar-refractivity contribution in [1.82, 2.24) is 10.4 Å². The van der Waals surface area contributed by atoms with Gasteiger partial charge in [0.05, 0.1) is 4.92 Å². The van der Waals surface area contributed by atoms with Crippen molar-refractivity contribution in [3.8, 4) is 0 Å². The number of non-ortho nitro benzene ring substituents is 1. The number of rotatable bonds is 6. The molecule has 1 heterocycles. The molecule has 0 saturated heterocycles. The summed E-state index contributed by atoms with van der Waals surface area (Å²) in [6, 6.07) is 6.02. The molecule has 2 N–H and O–H groups in total. The second-order valence-electron chi connectivity index (χ2n) is 4.87. The maximum absolute atomic E-state index is 12.1. The molecule has 1 aromatic carbocycles. The molecule has 0 spiro atoms. The second kappa shape index (κ2) is 6.81. The Balaban J connectivity index is 1.91. The summed E-state index contributed by atoms with van der Waals surface area (Å²) in [5.41, 5.74) is 2.85. The first-order chi connectivity index (χ1) is 10.5. The fourth-order valence-electron chi connectivity index (χ4n) is 2.19. The van der Waals surface area contributed by atoms with Gasteiger partial charge in [-0.05, 0) is 12.0 Å². The van der Waals surface area contributed by atoms with Gasteiger partial charge in [-0.1, -0.05) is 18.2 Å². The third-order valence-corrected chi connectivity index (χ3v) is 3.39. The highest BCUT2D eigenvalue weighted by Gasteiger charge is 2.24. The minimum Gasteiger partial charge on any atom is -0.331 e. The summed E-state index contributed by atoms with van der Waals surface area (Å²) < 4.78 is 0. The van der Waals surface area contributed by atoms with Crippen LogP contribution in [0.15, 0.2) is 35.9 Å². The number of nitro benzene ring substituents is 1. The van der Waals surface area contributed by atoms with E-state index < -0.39 is 10.8 Å². The van der Waals surface area contributed by atoms with E-state index in [0.717, 1.165) is 5.56 Å². The van der Waals surface area contributed by atoms with Crippen molar-refractivity contribution in [1.29, 1.82) is 0 Å². The number of hydrogen-bond acceptors (Lipinski definition) is 5. The number of benzene rings is 1. The predicted molar refractivity (Wildman–Crippen MR) is 75.8 cm³/mol. The Labute approximate surface area is 126 Å². The van der Waals surface area contributed by atoms with E-state index in [2.05, 4.69) is 0 Å². The highest BCUT2D eigenvalue weighted by Crippen LogP contribution is 2.20. The van der Waals surface area contributed by atoms with Gasteiger partial charge in [0, 0.05) is 37.2 Å². The van der Waals surface area contributed by atoms with Gasteiger partial charge in [0.15, 0.2) is 0 Å². The second-order valence-corrected chi connectivity index (χ2v) is 4.87. The Bertz CT molecular complexity index is 624. The normalized spacial score (nSPS) is 14.0. The van der Waals surface area contributed by atoms with Gasteiger partial charge in [-0.3, -0.25) is 24.9 Å². The Morgan fingerprint density at radius 2 is 2.05 bits per heavy atom. The number of carbonyl (C=O) groups is 2. The largest absolute Gasteiger partial charge is 0.331 e. The summed E-state index contributed by atoms with van der Waals surface area (Å²) in [5.74, 6) is -0.702.